The van der Waals surface area contributed by atoms with Gasteiger partial charge in [0.25, 0.3) is 5.89 Å². The lowest BCUT2D eigenvalue weighted by Crippen LogP contribution is -2.17. The Bertz CT molecular complexity index is 1330. The number of carbonyl (C=O) groups is 1. The van der Waals surface area contributed by atoms with Gasteiger partial charge in [0.2, 0.25) is 5.82 Å². The maximum atomic E-state index is 12.5. The molecule has 1 N–H and O–H groups in total. The Hall–Kier alpha value is -3.82. The lowest BCUT2D eigenvalue weighted by Gasteiger charge is -2.08. The van der Waals surface area contributed by atoms with E-state index in [2.05, 4.69) is 19.4 Å². The lowest BCUT2D eigenvalue weighted by molar-refractivity contribution is -0.274. The van der Waals surface area contributed by atoms with E-state index in [1.54, 1.807) is 6.07 Å². The highest BCUT2D eigenvalue weighted by Gasteiger charge is 2.31. The van der Waals surface area contributed by atoms with Crippen LogP contribution in [-0.4, -0.2) is 32.1 Å². The molecule has 0 fully saturated rings. The van der Waals surface area contributed by atoms with Crippen LogP contribution in [0.1, 0.15) is 24.5 Å². The highest BCUT2D eigenvalue weighted by atomic mass is 19.4. The molecule has 0 bridgehead atoms. The van der Waals surface area contributed by atoms with Gasteiger partial charge in [-0.3, -0.25) is 4.79 Å². The van der Waals surface area contributed by atoms with Gasteiger partial charge in [-0.25, -0.2) is 0 Å². The van der Waals surface area contributed by atoms with Crippen molar-refractivity contribution in [1.82, 2.24) is 14.7 Å². The molecular formula is C22H16F3N3O4. The summed E-state index contributed by atoms with van der Waals surface area (Å²) in [6, 6.07) is 12.9. The normalized spacial score (nSPS) is 15.8. The molecule has 2 aromatic heterocycles. The number of fused-ring (bicyclic) bond motifs is 3. The van der Waals surface area contributed by atoms with Crippen molar-refractivity contribution in [2.45, 2.75) is 31.7 Å². The Morgan fingerprint density at radius 1 is 1.19 bits per heavy atom. The average molecular weight is 443 g/mol. The number of hydrogen-bond donors (Lipinski definition) is 1. The van der Waals surface area contributed by atoms with Gasteiger partial charge in [-0.1, -0.05) is 11.2 Å². The number of benzene rings is 2. The predicted octanol–water partition coefficient (Wildman–Crippen LogP) is 5.22. The monoisotopic (exact) mass is 443 g/mol. The van der Waals surface area contributed by atoms with E-state index in [9.17, 15) is 18.0 Å². The van der Waals surface area contributed by atoms with E-state index in [0.29, 0.717) is 11.1 Å². The molecule has 3 heterocycles. The fourth-order valence-electron chi connectivity index (χ4n) is 4.15. The summed E-state index contributed by atoms with van der Waals surface area (Å²) in [5, 5.41) is 14.0. The van der Waals surface area contributed by atoms with E-state index in [1.165, 1.54) is 18.2 Å². The third-order valence-corrected chi connectivity index (χ3v) is 5.47. The summed E-state index contributed by atoms with van der Waals surface area (Å²) in [6.07, 6.45) is -3.91. The van der Waals surface area contributed by atoms with Crippen LogP contribution >= 0.6 is 0 Å². The molecule has 32 heavy (non-hydrogen) atoms. The SMILES string of the molecule is O=C(O)C[C@H]1CCn2c1cc1cc(-c3noc(-c4cccc(OC(F)(F)F)c4)n3)ccc12. The number of alkyl halides is 3. The Kier molecular flexibility index (Phi) is 4.65. The molecule has 0 saturated heterocycles. The first-order valence-corrected chi connectivity index (χ1v) is 9.82. The Morgan fingerprint density at radius 3 is 2.81 bits per heavy atom. The number of halogens is 3. The fourth-order valence-corrected chi connectivity index (χ4v) is 4.15. The van der Waals surface area contributed by atoms with Crippen molar-refractivity contribution in [3.8, 4) is 28.6 Å². The van der Waals surface area contributed by atoms with Crippen molar-refractivity contribution in [3.63, 3.8) is 0 Å². The van der Waals surface area contributed by atoms with Crippen LogP contribution in [0.3, 0.4) is 0 Å². The van der Waals surface area contributed by atoms with E-state index in [4.69, 9.17) is 9.63 Å². The zero-order valence-electron chi connectivity index (χ0n) is 16.5. The zero-order valence-corrected chi connectivity index (χ0v) is 16.5. The number of aliphatic carboxylic acids is 1. The lowest BCUT2D eigenvalue weighted by atomic mass is 10.0. The first kappa shape index (κ1) is 20.1. The number of carboxylic acids is 1. The third-order valence-electron chi connectivity index (χ3n) is 5.47. The number of hydrogen-bond acceptors (Lipinski definition) is 5. The van der Waals surface area contributed by atoms with Crippen LogP contribution in [0.15, 0.2) is 53.1 Å². The highest BCUT2D eigenvalue weighted by molar-refractivity contribution is 5.86. The second-order valence-corrected chi connectivity index (χ2v) is 7.58. The Labute approximate surface area is 179 Å². The highest BCUT2D eigenvalue weighted by Crippen LogP contribution is 2.37. The van der Waals surface area contributed by atoms with E-state index in [1.807, 2.05) is 24.3 Å². The van der Waals surface area contributed by atoms with Gasteiger partial charge < -0.3 is 18.9 Å². The Balaban J connectivity index is 1.44. The first-order chi connectivity index (χ1) is 15.3. The van der Waals surface area contributed by atoms with E-state index < -0.39 is 12.3 Å². The van der Waals surface area contributed by atoms with Crippen molar-refractivity contribution in [2.24, 2.45) is 0 Å². The van der Waals surface area contributed by atoms with Crippen molar-refractivity contribution < 1.29 is 32.3 Å². The summed E-state index contributed by atoms with van der Waals surface area (Å²) in [4.78, 5) is 15.4. The molecule has 7 nitrogen and oxygen atoms in total. The van der Waals surface area contributed by atoms with Crippen LogP contribution in [0.5, 0.6) is 5.75 Å². The summed E-state index contributed by atoms with van der Waals surface area (Å²) in [5.74, 6) is -0.869. The van der Waals surface area contributed by atoms with Gasteiger partial charge in [0, 0.05) is 40.2 Å². The smallest absolute Gasteiger partial charge is 0.481 e. The van der Waals surface area contributed by atoms with Crippen LogP contribution in [0.25, 0.3) is 33.7 Å². The minimum absolute atomic E-state index is 0.0219. The molecule has 4 aromatic rings. The van der Waals surface area contributed by atoms with Crippen LogP contribution < -0.4 is 4.74 Å². The molecule has 164 valence electrons. The maximum absolute atomic E-state index is 12.5. The first-order valence-electron chi connectivity index (χ1n) is 9.82. The second kappa shape index (κ2) is 7.40. The van der Waals surface area contributed by atoms with E-state index in [-0.39, 0.29) is 29.8 Å². The molecule has 0 amide bonds. The van der Waals surface area contributed by atoms with E-state index in [0.717, 1.165) is 29.6 Å². The van der Waals surface area contributed by atoms with Crippen molar-refractivity contribution in [1.29, 1.82) is 0 Å². The summed E-state index contributed by atoms with van der Waals surface area (Å²) in [5.41, 5.74) is 2.97. The molecule has 0 saturated carbocycles. The molecule has 0 unspecified atom stereocenters. The topological polar surface area (TPSA) is 90.4 Å². The predicted molar refractivity (Wildman–Crippen MR) is 107 cm³/mol. The number of aromatic nitrogens is 3. The van der Waals surface area contributed by atoms with Crippen molar-refractivity contribution >= 4 is 16.9 Å². The van der Waals surface area contributed by atoms with Gasteiger partial charge >= 0.3 is 12.3 Å². The van der Waals surface area contributed by atoms with Gasteiger partial charge in [0.05, 0.1) is 6.42 Å². The summed E-state index contributed by atoms with van der Waals surface area (Å²) < 4.78 is 48.7. The molecule has 0 aliphatic carbocycles. The van der Waals surface area contributed by atoms with Crippen LogP contribution in [0.4, 0.5) is 13.2 Å². The van der Waals surface area contributed by atoms with Crippen LogP contribution in [0, 0.1) is 0 Å². The van der Waals surface area contributed by atoms with Gasteiger partial charge in [-0.2, -0.15) is 4.98 Å². The number of nitrogens with zero attached hydrogens (tertiary/aromatic N) is 3. The van der Waals surface area contributed by atoms with Crippen LogP contribution in [-0.2, 0) is 11.3 Å². The van der Waals surface area contributed by atoms with E-state index >= 15 is 0 Å². The van der Waals surface area contributed by atoms with Crippen LogP contribution in [0.2, 0.25) is 0 Å². The number of aryl methyl sites for hydroxylation is 1. The van der Waals surface area contributed by atoms with Crippen molar-refractivity contribution in [2.75, 3.05) is 0 Å². The minimum atomic E-state index is -4.80. The maximum Gasteiger partial charge on any atom is 0.573 e. The van der Waals surface area contributed by atoms with Crippen molar-refractivity contribution in [3.05, 3.63) is 54.2 Å². The minimum Gasteiger partial charge on any atom is -0.481 e. The molecule has 1 aliphatic heterocycles. The number of carboxylic acid groups (broad SMARTS) is 1. The standard InChI is InChI=1S/C22H16F3N3O4/c23-22(24,25)31-16-3-1-2-14(9-16)21-26-20(27-32-21)13-4-5-17-15(8-13)10-18-12(11-19(29)30)6-7-28(17)18/h1-5,8-10,12H,6-7,11H2,(H,29,30)/t12-/m1/s1. The molecule has 0 spiro atoms. The molecule has 5 rings (SSSR count). The summed E-state index contributed by atoms with van der Waals surface area (Å²) in [7, 11) is 0. The second-order valence-electron chi connectivity index (χ2n) is 7.58. The molecule has 1 atom stereocenters. The average Bonchev–Trinajstić information content (AvgIpc) is 3.42. The third kappa shape index (κ3) is 3.79. The summed E-state index contributed by atoms with van der Waals surface area (Å²) >= 11 is 0. The Morgan fingerprint density at radius 2 is 2.03 bits per heavy atom. The molecule has 1 aliphatic rings. The molecule has 2 aromatic carbocycles. The zero-order chi connectivity index (χ0) is 22.5. The number of ether oxygens (including phenoxy) is 1. The van der Waals surface area contributed by atoms with Gasteiger partial charge in [-0.05, 0) is 48.9 Å². The molecule has 10 heteroatoms. The number of rotatable bonds is 5. The largest absolute Gasteiger partial charge is 0.573 e. The molecular weight excluding hydrogens is 427 g/mol. The molecule has 0 radical (unpaired) electrons. The quantitative estimate of drug-likeness (QED) is 0.455. The summed E-state index contributed by atoms with van der Waals surface area (Å²) in [6.45, 7) is 0.763. The van der Waals surface area contributed by atoms with Gasteiger partial charge in [-0.15, -0.1) is 13.2 Å². The van der Waals surface area contributed by atoms with Gasteiger partial charge in [0.15, 0.2) is 0 Å². The fraction of sp³-hybridized carbons (Fsp3) is 0.227. The van der Waals surface area contributed by atoms with Gasteiger partial charge in [0.1, 0.15) is 5.75 Å².